The predicted molar refractivity (Wildman–Crippen MR) is 63.3 cm³/mol. The van der Waals surface area contributed by atoms with E-state index in [1.54, 1.807) is 6.92 Å². The summed E-state index contributed by atoms with van der Waals surface area (Å²) in [5, 5.41) is 0. The molecule has 0 atom stereocenters. The minimum atomic E-state index is -4.68. The van der Waals surface area contributed by atoms with Crippen LogP contribution in [0.3, 0.4) is 0 Å². The monoisotopic (exact) mass is 314 g/mol. The van der Waals surface area contributed by atoms with Gasteiger partial charge in [0.15, 0.2) is 0 Å². The predicted octanol–water partition coefficient (Wildman–Crippen LogP) is 4.77. The first-order valence-electron chi connectivity index (χ1n) is 5.10. The van der Waals surface area contributed by atoms with Gasteiger partial charge in [0.05, 0.1) is 11.1 Å². The molecule has 0 amide bonds. The van der Waals surface area contributed by atoms with Crippen LogP contribution in [0.25, 0.3) is 0 Å². The molecular weight excluding hydrogens is 301 g/mol. The van der Waals surface area contributed by atoms with Crippen molar-refractivity contribution in [1.82, 2.24) is 0 Å². The fraction of sp³-hybridized carbons (Fsp3) is 0.455. The highest BCUT2D eigenvalue weighted by Gasteiger charge is 2.31. The fourth-order valence-corrected chi connectivity index (χ4v) is 1.31. The van der Waals surface area contributed by atoms with Crippen molar-refractivity contribution in [3.8, 4) is 11.5 Å². The highest BCUT2D eigenvalue weighted by molar-refractivity contribution is 9.10. The van der Waals surface area contributed by atoms with Gasteiger partial charge in [-0.25, -0.2) is 0 Å². The summed E-state index contributed by atoms with van der Waals surface area (Å²) < 4.78 is 45.1. The van der Waals surface area contributed by atoms with Crippen molar-refractivity contribution in [3.05, 3.63) is 22.7 Å². The molecule has 0 aliphatic carbocycles. The van der Waals surface area contributed by atoms with Gasteiger partial charge in [-0.15, -0.1) is 13.2 Å². The number of rotatable bonds is 3. The van der Waals surface area contributed by atoms with Crippen LogP contribution < -0.4 is 9.47 Å². The quantitative estimate of drug-likeness (QED) is 0.800. The van der Waals surface area contributed by atoms with Crippen LogP contribution in [-0.2, 0) is 0 Å². The summed E-state index contributed by atoms with van der Waals surface area (Å²) in [5.74, 6) is 0.0217. The zero-order valence-electron chi connectivity index (χ0n) is 9.77. The molecule has 0 aliphatic rings. The van der Waals surface area contributed by atoms with Crippen molar-refractivity contribution < 1.29 is 22.6 Å². The second kappa shape index (κ2) is 7.42. The number of alkyl halides is 3. The van der Waals surface area contributed by atoms with Crippen LogP contribution in [0.4, 0.5) is 13.2 Å². The first-order chi connectivity index (χ1) is 7.92. The molecule has 0 bridgehead atoms. The van der Waals surface area contributed by atoms with E-state index in [4.69, 9.17) is 4.74 Å². The number of hydrogen-bond donors (Lipinski definition) is 0. The van der Waals surface area contributed by atoms with Crippen LogP contribution >= 0.6 is 15.9 Å². The Hall–Kier alpha value is -0.910. The average molecular weight is 315 g/mol. The zero-order chi connectivity index (χ0) is 13.5. The van der Waals surface area contributed by atoms with Crippen molar-refractivity contribution in [2.45, 2.75) is 27.1 Å². The molecule has 0 saturated carbocycles. The van der Waals surface area contributed by atoms with Gasteiger partial charge in [0.25, 0.3) is 0 Å². The summed E-state index contributed by atoms with van der Waals surface area (Å²) >= 11 is 3.15. The summed E-state index contributed by atoms with van der Waals surface area (Å²) in [7, 11) is 0. The zero-order valence-corrected chi connectivity index (χ0v) is 11.4. The molecule has 0 fully saturated rings. The number of ether oxygens (including phenoxy) is 2. The number of halogens is 4. The molecule has 1 rings (SSSR count). The summed E-state index contributed by atoms with van der Waals surface area (Å²) in [6.45, 7) is 6.11. The highest BCUT2D eigenvalue weighted by atomic mass is 79.9. The Labute approximate surface area is 107 Å². The fourth-order valence-electron chi connectivity index (χ4n) is 0.947. The summed E-state index contributed by atoms with van der Waals surface area (Å²) in [6, 6.07) is 3.83. The van der Waals surface area contributed by atoms with Gasteiger partial charge in [0, 0.05) is 6.07 Å². The lowest BCUT2D eigenvalue weighted by molar-refractivity contribution is -0.274. The van der Waals surface area contributed by atoms with E-state index in [0.717, 1.165) is 0 Å². The summed E-state index contributed by atoms with van der Waals surface area (Å²) in [5.41, 5.74) is 0. The molecule has 0 heterocycles. The average Bonchev–Trinajstić information content (AvgIpc) is 2.24. The second-order valence-corrected chi connectivity index (χ2v) is 3.43. The molecule has 6 heteroatoms. The van der Waals surface area contributed by atoms with Crippen molar-refractivity contribution in [3.63, 3.8) is 0 Å². The molecular formula is C11H14BrF3O2. The van der Waals surface area contributed by atoms with Gasteiger partial charge in [-0.1, -0.05) is 13.8 Å². The molecule has 0 spiro atoms. The highest BCUT2D eigenvalue weighted by Crippen LogP contribution is 2.32. The summed E-state index contributed by atoms with van der Waals surface area (Å²) in [4.78, 5) is 0. The van der Waals surface area contributed by atoms with Gasteiger partial charge in [0.2, 0.25) is 0 Å². The lowest BCUT2D eigenvalue weighted by Crippen LogP contribution is -2.17. The van der Waals surface area contributed by atoms with Crippen LogP contribution in [-0.4, -0.2) is 13.0 Å². The van der Waals surface area contributed by atoms with Gasteiger partial charge >= 0.3 is 6.36 Å². The SMILES string of the molecule is CC.CCOc1cc(OC(F)(F)F)ccc1Br. The standard InChI is InChI=1S/C9H8BrF3O2.C2H6/c1-2-14-8-5-6(3-4-7(8)10)15-9(11,12)13;1-2/h3-5H,2H2,1H3;1-2H3. The molecule has 0 saturated heterocycles. The van der Waals surface area contributed by atoms with Crippen molar-refractivity contribution in [2.24, 2.45) is 0 Å². The normalized spacial score (nSPS) is 10.3. The molecule has 0 N–H and O–H groups in total. The molecule has 0 aromatic heterocycles. The minimum absolute atomic E-state index is 0.297. The van der Waals surface area contributed by atoms with Gasteiger partial charge in [-0.05, 0) is 35.0 Å². The Morgan fingerprint density at radius 2 is 1.82 bits per heavy atom. The number of benzene rings is 1. The Morgan fingerprint density at radius 3 is 2.29 bits per heavy atom. The van der Waals surface area contributed by atoms with E-state index in [0.29, 0.717) is 16.8 Å². The van der Waals surface area contributed by atoms with Crippen LogP contribution in [0.2, 0.25) is 0 Å². The Balaban J connectivity index is 0.00000121. The minimum Gasteiger partial charge on any atom is -0.493 e. The molecule has 1 aromatic rings. The number of hydrogen-bond acceptors (Lipinski definition) is 2. The molecule has 17 heavy (non-hydrogen) atoms. The largest absolute Gasteiger partial charge is 0.573 e. The lowest BCUT2D eigenvalue weighted by atomic mass is 10.3. The van der Waals surface area contributed by atoms with Crippen molar-refractivity contribution >= 4 is 15.9 Å². The third kappa shape index (κ3) is 6.41. The van der Waals surface area contributed by atoms with Crippen LogP contribution in [0.1, 0.15) is 20.8 Å². The van der Waals surface area contributed by atoms with E-state index in [9.17, 15) is 13.2 Å². The Bertz CT molecular complexity index is 340. The van der Waals surface area contributed by atoms with Gasteiger partial charge in [-0.3, -0.25) is 0 Å². The van der Waals surface area contributed by atoms with Gasteiger partial charge < -0.3 is 9.47 Å². The molecule has 0 unspecified atom stereocenters. The maximum Gasteiger partial charge on any atom is 0.573 e. The second-order valence-electron chi connectivity index (χ2n) is 2.57. The van der Waals surface area contributed by atoms with E-state index in [1.807, 2.05) is 13.8 Å². The maximum atomic E-state index is 11.9. The van der Waals surface area contributed by atoms with Gasteiger partial charge in [-0.2, -0.15) is 0 Å². The molecule has 2 nitrogen and oxygen atoms in total. The third-order valence-corrected chi connectivity index (χ3v) is 2.09. The molecule has 98 valence electrons. The van der Waals surface area contributed by atoms with Crippen molar-refractivity contribution in [2.75, 3.05) is 6.61 Å². The first-order valence-corrected chi connectivity index (χ1v) is 5.90. The molecule has 0 aliphatic heterocycles. The Kier molecular flexibility index (Phi) is 7.03. The maximum absolute atomic E-state index is 11.9. The summed E-state index contributed by atoms with van der Waals surface area (Å²) in [6.07, 6.45) is -4.68. The van der Waals surface area contributed by atoms with Crippen molar-refractivity contribution in [1.29, 1.82) is 0 Å². The van der Waals surface area contributed by atoms with Crippen LogP contribution in [0.15, 0.2) is 22.7 Å². The van der Waals surface area contributed by atoms with E-state index in [1.165, 1.54) is 18.2 Å². The van der Waals surface area contributed by atoms with E-state index in [-0.39, 0.29) is 5.75 Å². The van der Waals surface area contributed by atoms with Crippen LogP contribution in [0.5, 0.6) is 11.5 Å². The van der Waals surface area contributed by atoms with Gasteiger partial charge in [0.1, 0.15) is 11.5 Å². The molecule has 1 aromatic carbocycles. The van der Waals surface area contributed by atoms with E-state index < -0.39 is 6.36 Å². The third-order valence-electron chi connectivity index (χ3n) is 1.44. The molecule has 0 radical (unpaired) electrons. The Morgan fingerprint density at radius 1 is 1.24 bits per heavy atom. The van der Waals surface area contributed by atoms with E-state index >= 15 is 0 Å². The topological polar surface area (TPSA) is 18.5 Å². The van der Waals surface area contributed by atoms with E-state index in [2.05, 4.69) is 20.7 Å². The van der Waals surface area contributed by atoms with Crippen LogP contribution in [0, 0.1) is 0 Å². The first kappa shape index (κ1) is 16.1. The lowest BCUT2D eigenvalue weighted by Gasteiger charge is -2.11. The smallest absolute Gasteiger partial charge is 0.493 e.